The van der Waals surface area contributed by atoms with Gasteiger partial charge in [-0.1, -0.05) is 26.7 Å². The minimum atomic E-state index is 0.0520. The van der Waals surface area contributed by atoms with Gasteiger partial charge in [0.05, 0.1) is 0 Å². The molecule has 4 nitrogen and oxygen atoms in total. The lowest BCUT2D eigenvalue weighted by Crippen LogP contribution is -2.55. The Morgan fingerprint density at radius 2 is 1.38 bits per heavy atom. The van der Waals surface area contributed by atoms with Crippen LogP contribution in [-0.2, 0) is 9.59 Å². The first-order valence-electron chi connectivity index (χ1n) is 11.1. The summed E-state index contributed by atoms with van der Waals surface area (Å²) in [6, 6.07) is 0.677. The SMILES string of the molecule is C[C@@H]1[C@@H](C)CCC[C@H]1NC(=O)CCC(=O)NC1C2CC3CC(C2)CC1C3. The largest absolute Gasteiger partial charge is 0.353 e. The molecule has 5 fully saturated rings. The number of amides is 2. The van der Waals surface area contributed by atoms with Crippen LogP contribution >= 0.6 is 0 Å². The lowest BCUT2D eigenvalue weighted by Gasteiger charge is -2.54. The second kappa shape index (κ2) is 7.52. The summed E-state index contributed by atoms with van der Waals surface area (Å²) in [5, 5.41) is 6.51. The molecule has 146 valence electrons. The summed E-state index contributed by atoms with van der Waals surface area (Å²) in [5.41, 5.74) is 0. The molecule has 0 aromatic carbocycles. The predicted octanol–water partition coefficient (Wildman–Crippen LogP) is 3.65. The molecule has 2 N–H and O–H groups in total. The fourth-order valence-corrected chi connectivity index (χ4v) is 6.71. The van der Waals surface area contributed by atoms with Crippen molar-refractivity contribution in [3.8, 4) is 0 Å². The molecule has 0 unspecified atom stereocenters. The van der Waals surface area contributed by atoms with Crippen molar-refractivity contribution in [2.75, 3.05) is 0 Å². The molecular weight excluding hydrogens is 324 g/mol. The van der Waals surface area contributed by atoms with Gasteiger partial charge in [0.2, 0.25) is 11.8 Å². The molecule has 0 aromatic rings. The van der Waals surface area contributed by atoms with E-state index in [9.17, 15) is 9.59 Å². The van der Waals surface area contributed by atoms with Gasteiger partial charge in [0, 0.05) is 24.9 Å². The molecule has 5 saturated carbocycles. The second-order valence-electron chi connectivity index (χ2n) is 9.97. The molecule has 5 rings (SSSR count). The highest BCUT2D eigenvalue weighted by molar-refractivity contribution is 5.84. The van der Waals surface area contributed by atoms with E-state index in [0.29, 0.717) is 48.6 Å². The van der Waals surface area contributed by atoms with Crippen LogP contribution in [-0.4, -0.2) is 23.9 Å². The first-order valence-corrected chi connectivity index (χ1v) is 11.1. The molecule has 0 spiro atoms. The maximum atomic E-state index is 12.5. The molecule has 2 amide bonds. The number of nitrogens with one attached hydrogen (secondary N) is 2. The summed E-state index contributed by atoms with van der Waals surface area (Å²) in [4.78, 5) is 24.8. The zero-order chi connectivity index (χ0) is 18.3. The van der Waals surface area contributed by atoms with Crippen LogP contribution in [0.5, 0.6) is 0 Å². The number of rotatable bonds is 5. The van der Waals surface area contributed by atoms with Crippen molar-refractivity contribution in [1.29, 1.82) is 0 Å². The van der Waals surface area contributed by atoms with Gasteiger partial charge in [0.25, 0.3) is 0 Å². The van der Waals surface area contributed by atoms with E-state index in [-0.39, 0.29) is 11.8 Å². The van der Waals surface area contributed by atoms with E-state index in [1.54, 1.807) is 0 Å². The summed E-state index contributed by atoms with van der Waals surface area (Å²) in [6.45, 7) is 4.52. The van der Waals surface area contributed by atoms with Gasteiger partial charge in [0.1, 0.15) is 0 Å². The van der Waals surface area contributed by atoms with E-state index >= 15 is 0 Å². The van der Waals surface area contributed by atoms with Gasteiger partial charge in [-0.3, -0.25) is 9.59 Å². The van der Waals surface area contributed by atoms with Crippen LogP contribution in [0.25, 0.3) is 0 Å². The third kappa shape index (κ3) is 3.80. The van der Waals surface area contributed by atoms with Crippen LogP contribution in [0.4, 0.5) is 0 Å². The predicted molar refractivity (Wildman–Crippen MR) is 102 cm³/mol. The van der Waals surface area contributed by atoms with Crippen molar-refractivity contribution in [3.63, 3.8) is 0 Å². The third-order valence-electron chi connectivity index (χ3n) is 8.19. The lowest BCUT2D eigenvalue weighted by atomic mass is 9.54. The van der Waals surface area contributed by atoms with Crippen molar-refractivity contribution < 1.29 is 9.59 Å². The molecular formula is C22H36N2O2. The van der Waals surface area contributed by atoms with Crippen LogP contribution in [0.1, 0.15) is 78.1 Å². The number of carbonyl (C=O) groups is 2. The van der Waals surface area contributed by atoms with Gasteiger partial charge in [-0.15, -0.1) is 0 Å². The molecule has 0 aliphatic heterocycles. The van der Waals surface area contributed by atoms with Gasteiger partial charge in [-0.05, 0) is 74.0 Å². The molecule has 0 saturated heterocycles. The van der Waals surface area contributed by atoms with Crippen molar-refractivity contribution >= 4 is 11.8 Å². The average Bonchev–Trinajstić information content (AvgIpc) is 2.60. The third-order valence-corrected chi connectivity index (χ3v) is 8.19. The fraction of sp³-hybridized carbons (Fsp3) is 0.909. The van der Waals surface area contributed by atoms with Crippen molar-refractivity contribution in [3.05, 3.63) is 0 Å². The minimum absolute atomic E-state index is 0.0520. The zero-order valence-electron chi connectivity index (χ0n) is 16.5. The van der Waals surface area contributed by atoms with E-state index < -0.39 is 0 Å². The first-order chi connectivity index (χ1) is 12.5. The van der Waals surface area contributed by atoms with Gasteiger partial charge in [-0.25, -0.2) is 0 Å². The topological polar surface area (TPSA) is 58.2 Å². The number of hydrogen-bond donors (Lipinski definition) is 2. The summed E-state index contributed by atoms with van der Waals surface area (Å²) in [5.74, 6) is 4.61. The number of carbonyl (C=O) groups excluding carboxylic acids is 2. The summed E-state index contributed by atoms with van der Waals surface area (Å²) >= 11 is 0. The van der Waals surface area contributed by atoms with E-state index in [1.807, 2.05) is 0 Å². The molecule has 0 aromatic heterocycles. The Morgan fingerprint density at radius 3 is 2.00 bits per heavy atom. The van der Waals surface area contributed by atoms with Crippen LogP contribution < -0.4 is 10.6 Å². The fourth-order valence-electron chi connectivity index (χ4n) is 6.71. The van der Waals surface area contributed by atoms with Crippen LogP contribution in [0.3, 0.4) is 0 Å². The van der Waals surface area contributed by atoms with Crippen molar-refractivity contribution in [2.24, 2.45) is 35.5 Å². The molecule has 5 aliphatic carbocycles. The second-order valence-corrected chi connectivity index (χ2v) is 9.97. The maximum absolute atomic E-state index is 12.5. The summed E-state index contributed by atoms with van der Waals surface area (Å²) < 4.78 is 0. The Balaban J connectivity index is 1.21. The molecule has 3 atom stereocenters. The molecule has 4 bridgehead atoms. The number of hydrogen-bond acceptors (Lipinski definition) is 2. The zero-order valence-corrected chi connectivity index (χ0v) is 16.5. The van der Waals surface area contributed by atoms with Gasteiger partial charge in [-0.2, -0.15) is 0 Å². The summed E-state index contributed by atoms with van der Waals surface area (Å²) in [6.07, 6.45) is 10.9. The van der Waals surface area contributed by atoms with Crippen LogP contribution in [0, 0.1) is 35.5 Å². The first kappa shape index (κ1) is 18.3. The highest BCUT2D eigenvalue weighted by Crippen LogP contribution is 2.53. The van der Waals surface area contributed by atoms with Gasteiger partial charge < -0.3 is 10.6 Å². The molecule has 5 aliphatic rings. The smallest absolute Gasteiger partial charge is 0.220 e. The van der Waals surface area contributed by atoms with Crippen molar-refractivity contribution in [2.45, 2.75) is 90.1 Å². The van der Waals surface area contributed by atoms with E-state index in [0.717, 1.165) is 18.3 Å². The normalized spacial score (nSPS) is 43.9. The maximum Gasteiger partial charge on any atom is 0.220 e. The Bertz CT molecular complexity index is 518. The Labute approximate surface area is 158 Å². The van der Waals surface area contributed by atoms with Crippen LogP contribution in [0.2, 0.25) is 0 Å². The molecule has 4 heteroatoms. The highest BCUT2D eigenvalue weighted by Gasteiger charge is 2.48. The molecule has 0 radical (unpaired) electrons. The average molecular weight is 361 g/mol. The Hall–Kier alpha value is -1.06. The Morgan fingerprint density at radius 1 is 0.808 bits per heavy atom. The Kier molecular flexibility index (Phi) is 5.29. The van der Waals surface area contributed by atoms with Crippen molar-refractivity contribution in [1.82, 2.24) is 10.6 Å². The quantitative estimate of drug-likeness (QED) is 0.786. The summed E-state index contributed by atoms with van der Waals surface area (Å²) in [7, 11) is 0. The highest BCUT2D eigenvalue weighted by atomic mass is 16.2. The minimum Gasteiger partial charge on any atom is -0.353 e. The molecule has 0 heterocycles. The lowest BCUT2D eigenvalue weighted by molar-refractivity contribution is -0.129. The van der Waals surface area contributed by atoms with Gasteiger partial charge >= 0.3 is 0 Å². The molecule has 26 heavy (non-hydrogen) atoms. The standard InChI is InChI=1S/C22H36N2O2/c1-13-4-3-5-19(14(13)2)23-20(25)6-7-21(26)24-22-17-9-15-8-16(11-17)12-18(22)10-15/h13-19,22H,3-12H2,1-2H3,(H,23,25)(H,24,26)/t13-,14+,15?,16?,17?,18?,19+,22?/m0/s1. The van der Waals surface area contributed by atoms with Gasteiger partial charge in [0.15, 0.2) is 0 Å². The monoisotopic (exact) mass is 360 g/mol. The van der Waals surface area contributed by atoms with E-state index in [2.05, 4.69) is 24.5 Å². The van der Waals surface area contributed by atoms with Crippen LogP contribution in [0.15, 0.2) is 0 Å². The van der Waals surface area contributed by atoms with E-state index in [1.165, 1.54) is 44.9 Å². The van der Waals surface area contributed by atoms with E-state index in [4.69, 9.17) is 0 Å².